The highest BCUT2D eigenvalue weighted by molar-refractivity contribution is 5.79. The van der Waals surface area contributed by atoms with Crippen LogP contribution in [-0.4, -0.2) is 12.6 Å². The number of halogens is 2. The fraction of sp³-hybridized carbons (Fsp3) is 0.462. The molecule has 17 heavy (non-hydrogen) atoms. The molecule has 0 radical (unpaired) electrons. The predicted octanol–water partition coefficient (Wildman–Crippen LogP) is 3.68. The minimum atomic E-state index is -3.57. The van der Waals surface area contributed by atoms with Gasteiger partial charge in [0, 0.05) is 5.56 Å². The van der Waals surface area contributed by atoms with Crippen LogP contribution < -0.4 is 0 Å². The first-order valence-corrected chi connectivity index (χ1v) is 5.60. The maximum absolute atomic E-state index is 13.4. The minimum absolute atomic E-state index is 0.0553. The Morgan fingerprint density at radius 1 is 1.24 bits per heavy atom. The average molecular weight is 244 g/mol. The number of benzene rings is 1. The van der Waals surface area contributed by atoms with E-state index in [2.05, 4.69) is 4.74 Å². The molecule has 0 amide bonds. The van der Waals surface area contributed by atoms with Gasteiger partial charge in [0.05, 0.1) is 6.61 Å². The first kappa shape index (κ1) is 15.6. The molecule has 0 aliphatic rings. The first-order valence-electron chi connectivity index (χ1n) is 5.60. The molecule has 1 rings (SSSR count). The summed E-state index contributed by atoms with van der Waals surface area (Å²) in [5.74, 6) is -5.07. The van der Waals surface area contributed by atoms with Crippen LogP contribution in [0.1, 0.15) is 31.9 Å². The third-order valence-electron chi connectivity index (χ3n) is 1.95. The van der Waals surface area contributed by atoms with Gasteiger partial charge in [0.25, 0.3) is 0 Å². The molecular formula is C13H18F2O2. The van der Waals surface area contributed by atoms with Crippen LogP contribution in [0, 0.1) is 6.92 Å². The Labute approximate surface area is 101 Å². The number of rotatable bonds is 3. The summed E-state index contributed by atoms with van der Waals surface area (Å²) < 4.78 is 31.1. The topological polar surface area (TPSA) is 26.3 Å². The maximum atomic E-state index is 13.4. The number of hydrogen-bond donors (Lipinski definition) is 0. The minimum Gasteiger partial charge on any atom is -0.461 e. The van der Waals surface area contributed by atoms with Gasteiger partial charge in [-0.3, -0.25) is 0 Å². The van der Waals surface area contributed by atoms with Crippen LogP contribution in [0.5, 0.6) is 0 Å². The van der Waals surface area contributed by atoms with Crippen molar-refractivity contribution >= 4 is 5.97 Å². The first-order chi connectivity index (χ1) is 7.98. The number of ether oxygens (including phenoxy) is 1. The van der Waals surface area contributed by atoms with Crippen molar-refractivity contribution in [1.82, 2.24) is 0 Å². The highest BCUT2D eigenvalue weighted by Gasteiger charge is 2.42. The number of hydrogen-bond acceptors (Lipinski definition) is 2. The van der Waals surface area contributed by atoms with Crippen molar-refractivity contribution in [1.29, 1.82) is 0 Å². The van der Waals surface area contributed by atoms with Crippen LogP contribution in [-0.2, 0) is 15.5 Å². The number of alkyl halides is 2. The van der Waals surface area contributed by atoms with Gasteiger partial charge in [0.1, 0.15) is 0 Å². The summed E-state index contributed by atoms with van der Waals surface area (Å²) in [6.07, 6.45) is 0. The van der Waals surface area contributed by atoms with Crippen LogP contribution in [0.15, 0.2) is 24.3 Å². The molecule has 4 heteroatoms. The van der Waals surface area contributed by atoms with Crippen LogP contribution >= 0.6 is 0 Å². The molecule has 0 aliphatic carbocycles. The summed E-state index contributed by atoms with van der Waals surface area (Å²) in [7, 11) is 0. The molecule has 1 aromatic carbocycles. The molecule has 0 bridgehead atoms. The van der Waals surface area contributed by atoms with E-state index in [0.29, 0.717) is 0 Å². The van der Waals surface area contributed by atoms with Crippen molar-refractivity contribution in [3.8, 4) is 0 Å². The van der Waals surface area contributed by atoms with Gasteiger partial charge in [-0.2, -0.15) is 8.78 Å². The summed E-state index contributed by atoms with van der Waals surface area (Å²) in [4.78, 5) is 11.0. The fourth-order valence-corrected chi connectivity index (χ4v) is 1.10. The lowest BCUT2D eigenvalue weighted by Crippen LogP contribution is -2.28. The Hall–Kier alpha value is -1.45. The van der Waals surface area contributed by atoms with Crippen LogP contribution in [0.2, 0.25) is 0 Å². The van der Waals surface area contributed by atoms with Crippen LogP contribution in [0.3, 0.4) is 0 Å². The standard InChI is InChI=1S/C11H12F2O2.C2H6/c1-3-15-10(14)11(12,13)9-6-4-8(2)5-7-9;1-2/h4-7H,3H2,1-2H3;1-2H3. The molecule has 0 saturated heterocycles. The molecular weight excluding hydrogens is 226 g/mol. The van der Waals surface area contributed by atoms with Crippen molar-refractivity contribution in [2.75, 3.05) is 6.61 Å². The van der Waals surface area contributed by atoms with Gasteiger partial charge >= 0.3 is 11.9 Å². The van der Waals surface area contributed by atoms with Crippen molar-refractivity contribution in [2.24, 2.45) is 0 Å². The normalized spacial score (nSPS) is 10.2. The smallest absolute Gasteiger partial charge is 0.381 e. The van der Waals surface area contributed by atoms with Crippen molar-refractivity contribution in [2.45, 2.75) is 33.6 Å². The van der Waals surface area contributed by atoms with Crippen molar-refractivity contribution in [3.63, 3.8) is 0 Å². The molecule has 0 aromatic heterocycles. The van der Waals surface area contributed by atoms with Gasteiger partial charge < -0.3 is 4.74 Å². The average Bonchev–Trinajstić information content (AvgIpc) is 2.32. The largest absolute Gasteiger partial charge is 0.461 e. The monoisotopic (exact) mass is 244 g/mol. The van der Waals surface area contributed by atoms with Crippen molar-refractivity contribution in [3.05, 3.63) is 35.4 Å². The zero-order valence-electron chi connectivity index (χ0n) is 10.6. The van der Waals surface area contributed by atoms with Gasteiger partial charge in [0.15, 0.2) is 0 Å². The van der Waals surface area contributed by atoms with Crippen LogP contribution in [0.25, 0.3) is 0 Å². The second kappa shape index (κ2) is 6.99. The summed E-state index contributed by atoms with van der Waals surface area (Å²) in [6, 6.07) is 5.52. The Kier molecular flexibility index (Phi) is 6.39. The van der Waals surface area contributed by atoms with Crippen molar-refractivity contribution < 1.29 is 18.3 Å². The van der Waals surface area contributed by atoms with Gasteiger partial charge in [-0.1, -0.05) is 43.7 Å². The highest BCUT2D eigenvalue weighted by atomic mass is 19.3. The van der Waals surface area contributed by atoms with E-state index in [9.17, 15) is 13.6 Å². The highest BCUT2D eigenvalue weighted by Crippen LogP contribution is 2.29. The van der Waals surface area contributed by atoms with Gasteiger partial charge in [0.2, 0.25) is 0 Å². The summed E-state index contributed by atoms with van der Waals surface area (Å²) >= 11 is 0. The number of carbonyl (C=O) groups excluding carboxylic acids is 1. The molecule has 0 spiro atoms. The Balaban J connectivity index is 0.00000121. The van der Waals surface area contributed by atoms with Gasteiger partial charge in [-0.15, -0.1) is 0 Å². The number of aryl methyl sites for hydroxylation is 1. The Morgan fingerprint density at radius 3 is 2.12 bits per heavy atom. The summed E-state index contributed by atoms with van der Waals surface area (Å²) in [5, 5.41) is 0. The molecule has 1 aromatic rings. The molecule has 2 nitrogen and oxygen atoms in total. The fourth-order valence-electron chi connectivity index (χ4n) is 1.10. The van der Waals surface area contributed by atoms with E-state index < -0.39 is 11.9 Å². The maximum Gasteiger partial charge on any atom is 0.381 e. The molecule has 0 N–H and O–H groups in total. The summed E-state index contributed by atoms with van der Waals surface area (Å²) in [5.41, 5.74) is 0.518. The van der Waals surface area contributed by atoms with E-state index in [1.165, 1.54) is 31.2 Å². The quantitative estimate of drug-likeness (QED) is 0.758. The van der Waals surface area contributed by atoms with Gasteiger partial charge in [-0.05, 0) is 13.8 Å². The molecule has 0 fully saturated rings. The molecule has 0 atom stereocenters. The van der Waals surface area contributed by atoms with E-state index in [0.717, 1.165) is 5.56 Å². The second-order valence-corrected chi connectivity index (χ2v) is 3.16. The lowest BCUT2D eigenvalue weighted by molar-refractivity contribution is -0.173. The predicted molar refractivity (Wildman–Crippen MR) is 63.1 cm³/mol. The zero-order chi connectivity index (χ0) is 13.5. The third-order valence-corrected chi connectivity index (χ3v) is 1.95. The van der Waals surface area contributed by atoms with E-state index in [1.807, 2.05) is 13.8 Å². The second-order valence-electron chi connectivity index (χ2n) is 3.16. The Morgan fingerprint density at radius 2 is 1.71 bits per heavy atom. The SMILES string of the molecule is CC.CCOC(=O)C(F)(F)c1ccc(C)cc1. The van der Waals surface area contributed by atoms with Crippen LogP contribution in [0.4, 0.5) is 8.78 Å². The Bertz CT molecular complexity index is 345. The molecule has 0 unspecified atom stereocenters. The van der Waals surface area contributed by atoms with E-state index in [1.54, 1.807) is 6.92 Å². The molecule has 0 aliphatic heterocycles. The van der Waals surface area contributed by atoms with E-state index in [-0.39, 0.29) is 12.2 Å². The molecule has 0 heterocycles. The van der Waals surface area contributed by atoms with E-state index >= 15 is 0 Å². The lowest BCUT2D eigenvalue weighted by atomic mass is 10.1. The lowest BCUT2D eigenvalue weighted by Gasteiger charge is -2.14. The third kappa shape index (κ3) is 4.13. The molecule has 96 valence electrons. The zero-order valence-corrected chi connectivity index (χ0v) is 10.6. The van der Waals surface area contributed by atoms with Gasteiger partial charge in [-0.25, -0.2) is 4.79 Å². The summed E-state index contributed by atoms with van der Waals surface area (Å²) in [6.45, 7) is 7.22. The van der Waals surface area contributed by atoms with E-state index in [4.69, 9.17) is 0 Å². The number of esters is 1. The molecule has 0 saturated carbocycles. The number of carbonyl (C=O) groups is 1.